The molecule has 2 aromatic rings. The van der Waals surface area contributed by atoms with Gasteiger partial charge in [-0.2, -0.15) is 0 Å². The lowest BCUT2D eigenvalue weighted by atomic mass is 9.96. The number of rotatable bonds is 3. The van der Waals surface area contributed by atoms with Gasteiger partial charge in [-0.3, -0.25) is 0 Å². The van der Waals surface area contributed by atoms with Gasteiger partial charge in [0.15, 0.2) is 11.9 Å². The summed E-state index contributed by atoms with van der Waals surface area (Å²) in [7, 11) is 0. The highest BCUT2D eigenvalue weighted by Gasteiger charge is 2.37. The zero-order valence-corrected chi connectivity index (χ0v) is 13.2. The summed E-state index contributed by atoms with van der Waals surface area (Å²) in [5.74, 6) is -0.849. The molecular formula is C18H15ClO4. The molecule has 0 fully saturated rings. The first-order chi connectivity index (χ1) is 11.0. The number of ether oxygens (including phenoxy) is 1. The molecule has 0 radical (unpaired) electrons. The molecule has 1 atom stereocenters. The fourth-order valence-electron chi connectivity index (χ4n) is 2.76. The first-order valence-electron chi connectivity index (χ1n) is 7.12. The summed E-state index contributed by atoms with van der Waals surface area (Å²) in [4.78, 5) is 12.3. The number of carbonyl (C=O) groups is 1. The van der Waals surface area contributed by atoms with E-state index in [1.165, 1.54) is 0 Å². The van der Waals surface area contributed by atoms with E-state index in [1.807, 2.05) is 13.0 Å². The van der Waals surface area contributed by atoms with Crippen molar-refractivity contribution >= 4 is 23.1 Å². The van der Waals surface area contributed by atoms with Gasteiger partial charge in [-0.25, -0.2) is 4.79 Å². The van der Waals surface area contributed by atoms with Crippen molar-refractivity contribution in [2.45, 2.75) is 19.6 Å². The van der Waals surface area contributed by atoms with E-state index in [0.717, 1.165) is 5.56 Å². The number of aliphatic hydroxyl groups is 2. The van der Waals surface area contributed by atoms with Crippen LogP contribution in [-0.2, 0) is 16.1 Å². The topological polar surface area (TPSA) is 66.8 Å². The molecular weight excluding hydrogens is 316 g/mol. The van der Waals surface area contributed by atoms with Gasteiger partial charge in [0.2, 0.25) is 0 Å². The van der Waals surface area contributed by atoms with Crippen LogP contribution in [-0.4, -0.2) is 16.2 Å². The van der Waals surface area contributed by atoms with Gasteiger partial charge in [-0.1, -0.05) is 48.0 Å². The number of aliphatic hydroxyl groups excluding tert-OH is 2. The van der Waals surface area contributed by atoms with E-state index in [1.54, 1.807) is 36.4 Å². The molecule has 0 saturated carbocycles. The number of benzene rings is 2. The Hall–Kier alpha value is -2.30. The number of aryl methyl sites for hydroxylation is 1. The number of carbonyl (C=O) groups excluding carboxylic acids is 1. The molecule has 1 aliphatic rings. The summed E-state index contributed by atoms with van der Waals surface area (Å²) < 4.78 is 5.31. The molecule has 0 amide bonds. The minimum Gasteiger partial charge on any atom is -0.507 e. The SMILES string of the molecule is Cc1cc(Cl)c(C2=C(O)C(c3ccccc3)OC2=O)c(CO)c1. The summed E-state index contributed by atoms with van der Waals surface area (Å²) >= 11 is 6.25. The first kappa shape index (κ1) is 15.6. The van der Waals surface area contributed by atoms with Crippen LogP contribution in [0, 0.1) is 6.92 Å². The summed E-state index contributed by atoms with van der Waals surface area (Å²) in [6.45, 7) is 1.54. The number of cyclic esters (lactones) is 1. The third kappa shape index (κ3) is 2.71. The normalized spacial score (nSPS) is 17.5. The van der Waals surface area contributed by atoms with E-state index in [4.69, 9.17) is 16.3 Å². The summed E-state index contributed by atoms with van der Waals surface area (Å²) in [5, 5.41) is 20.4. The van der Waals surface area contributed by atoms with Crippen molar-refractivity contribution < 1.29 is 19.7 Å². The Balaban J connectivity index is 2.16. The second-order valence-electron chi connectivity index (χ2n) is 5.40. The first-order valence-corrected chi connectivity index (χ1v) is 7.50. The number of halogens is 1. The maximum atomic E-state index is 12.3. The van der Waals surface area contributed by atoms with Gasteiger partial charge in [0.1, 0.15) is 5.57 Å². The number of esters is 1. The molecule has 118 valence electrons. The monoisotopic (exact) mass is 330 g/mol. The van der Waals surface area contributed by atoms with Crippen LogP contribution in [0.3, 0.4) is 0 Å². The summed E-state index contributed by atoms with van der Waals surface area (Å²) in [6, 6.07) is 12.4. The average molecular weight is 331 g/mol. The lowest BCUT2D eigenvalue weighted by molar-refractivity contribution is -0.138. The van der Waals surface area contributed by atoms with Gasteiger partial charge in [-0.15, -0.1) is 0 Å². The zero-order chi connectivity index (χ0) is 16.6. The fraction of sp³-hybridized carbons (Fsp3) is 0.167. The van der Waals surface area contributed by atoms with E-state index in [-0.39, 0.29) is 17.9 Å². The van der Waals surface area contributed by atoms with Crippen LogP contribution in [0.15, 0.2) is 48.2 Å². The van der Waals surface area contributed by atoms with Crippen molar-refractivity contribution in [3.8, 4) is 0 Å². The Morgan fingerprint density at radius 2 is 1.91 bits per heavy atom. The Kier molecular flexibility index (Phi) is 4.11. The molecule has 1 aliphatic heterocycles. The smallest absolute Gasteiger partial charge is 0.343 e. The average Bonchev–Trinajstić information content (AvgIpc) is 2.83. The number of hydrogen-bond donors (Lipinski definition) is 2. The van der Waals surface area contributed by atoms with Gasteiger partial charge >= 0.3 is 5.97 Å². The molecule has 0 spiro atoms. The van der Waals surface area contributed by atoms with Crippen molar-refractivity contribution in [3.63, 3.8) is 0 Å². The van der Waals surface area contributed by atoms with Crippen LogP contribution in [0.4, 0.5) is 0 Å². The van der Waals surface area contributed by atoms with E-state index < -0.39 is 12.1 Å². The van der Waals surface area contributed by atoms with Crippen LogP contribution in [0.25, 0.3) is 5.57 Å². The van der Waals surface area contributed by atoms with E-state index in [9.17, 15) is 15.0 Å². The number of hydrogen-bond acceptors (Lipinski definition) is 4. The molecule has 3 rings (SSSR count). The molecule has 2 aromatic carbocycles. The molecule has 0 aliphatic carbocycles. The quantitative estimate of drug-likeness (QED) is 0.842. The maximum absolute atomic E-state index is 12.3. The molecule has 4 nitrogen and oxygen atoms in total. The van der Waals surface area contributed by atoms with Gasteiger partial charge in [0, 0.05) is 16.1 Å². The van der Waals surface area contributed by atoms with Crippen LogP contribution < -0.4 is 0 Å². The third-order valence-electron chi connectivity index (χ3n) is 3.77. The van der Waals surface area contributed by atoms with Crippen molar-refractivity contribution in [3.05, 3.63) is 75.5 Å². The Morgan fingerprint density at radius 1 is 1.22 bits per heavy atom. The molecule has 23 heavy (non-hydrogen) atoms. The summed E-state index contributed by atoms with van der Waals surface area (Å²) in [6.07, 6.45) is -0.859. The summed E-state index contributed by atoms with van der Waals surface area (Å²) in [5.41, 5.74) is 2.33. The van der Waals surface area contributed by atoms with Crippen LogP contribution in [0.1, 0.15) is 28.4 Å². The lowest BCUT2D eigenvalue weighted by Crippen LogP contribution is -2.04. The molecule has 0 saturated heterocycles. The maximum Gasteiger partial charge on any atom is 0.343 e. The second-order valence-corrected chi connectivity index (χ2v) is 5.80. The standard InChI is InChI=1S/C18H15ClO4/c1-10-7-12(9-20)14(13(19)8-10)15-16(21)17(23-18(15)22)11-5-3-2-4-6-11/h2-8,17,20-21H,9H2,1H3. The van der Waals surface area contributed by atoms with E-state index in [0.29, 0.717) is 21.7 Å². The van der Waals surface area contributed by atoms with Crippen molar-refractivity contribution in [1.82, 2.24) is 0 Å². The predicted molar refractivity (Wildman–Crippen MR) is 86.9 cm³/mol. The van der Waals surface area contributed by atoms with Crippen LogP contribution in [0.2, 0.25) is 5.02 Å². The largest absolute Gasteiger partial charge is 0.507 e. The molecule has 5 heteroatoms. The minimum absolute atomic E-state index is 0.00732. The second kappa shape index (κ2) is 6.07. The lowest BCUT2D eigenvalue weighted by Gasteiger charge is -2.11. The molecule has 0 aromatic heterocycles. The van der Waals surface area contributed by atoms with Gasteiger partial charge in [-0.05, 0) is 24.1 Å². The predicted octanol–water partition coefficient (Wildman–Crippen LogP) is 3.71. The highest BCUT2D eigenvalue weighted by molar-refractivity contribution is 6.35. The van der Waals surface area contributed by atoms with Gasteiger partial charge in [0.25, 0.3) is 0 Å². The minimum atomic E-state index is -0.859. The Bertz CT molecular complexity index is 796. The van der Waals surface area contributed by atoms with Crippen molar-refractivity contribution in [2.75, 3.05) is 0 Å². The van der Waals surface area contributed by atoms with Gasteiger partial charge < -0.3 is 14.9 Å². The van der Waals surface area contributed by atoms with E-state index in [2.05, 4.69) is 0 Å². The van der Waals surface area contributed by atoms with Gasteiger partial charge in [0.05, 0.1) is 6.61 Å². The highest BCUT2D eigenvalue weighted by Crippen LogP contribution is 2.41. The van der Waals surface area contributed by atoms with Crippen molar-refractivity contribution in [2.24, 2.45) is 0 Å². The molecule has 0 bridgehead atoms. The Morgan fingerprint density at radius 3 is 2.57 bits per heavy atom. The van der Waals surface area contributed by atoms with Crippen LogP contribution in [0.5, 0.6) is 0 Å². The Labute approximate surface area is 138 Å². The fourth-order valence-corrected chi connectivity index (χ4v) is 3.15. The van der Waals surface area contributed by atoms with Crippen molar-refractivity contribution in [1.29, 1.82) is 0 Å². The molecule has 1 heterocycles. The zero-order valence-electron chi connectivity index (χ0n) is 12.4. The van der Waals surface area contributed by atoms with E-state index >= 15 is 0 Å². The molecule has 2 N–H and O–H groups in total. The highest BCUT2D eigenvalue weighted by atomic mass is 35.5. The third-order valence-corrected chi connectivity index (χ3v) is 4.07. The van der Waals surface area contributed by atoms with Crippen LogP contribution >= 0.6 is 11.6 Å². The molecule has 1 unspecified atom stereocenters.